The van der Waals surface area contributed by atoms with E-state index in [0.29, 0.717) is 18.6 Å². The van der Waals surface area contributed by atoms with Crippen molar-refractivity contribution in [1.82, 2.24) is 20.2 Å². The third-order valence-electron chi connectivity index (χ3n) is 6.44. The van der Waals surface area contributed by atoms with E-state index in [2.05, 4.69) is 15.5 Å². The number of alkyl halides is 1. The molecular weight excluding hydrogens is 476 g/mol. The van der Waals surface area contributed by atoms with E-state index in [-0.39, 0.29) is 23.4 Å². The van der Waals surface area contributed by atoms with Crippen molar-refractivity contribution in [3.8, 4) is 11.3 Å². The number of aromatic nitrogens is 4. The first-order chi connectivity index (χ1) is 16.7. The standard InChI is InChI=1S/C22H22F4N4O5/c1-33-21-15(6-11-7-17(28-35-11)22(26)2-3-22)34-16(9-31)20(32)19(21)30-8-14(27-29-30)10-4-12(23)18(25)13(24)5-10/h4-5,7-8,15-16,19-21,31-32H,2-3,6,9H2,1H3/t15-,16-,19+,20+,21+/m1/s1. The molecule has 0 bridgehead atoms. The number of nitrogens with zero attached hydrogens (tertiary/aromatic N) is 4. The number of aliphatic hydroxyl groups excluding tert-OH is 2. The highest BCUT2D eigenvalue weighted by molar-refractivity contribution is 5.57. The van der Waals surface area contributed by atoms with Gasteiger partial charge in [-0.25, -0.2) is 22.2 Å². The van der Waals surface area contributed by atoms with Gasteiger partial charge in [-0.3, -0.25) is 0 Å². The summed E-state index contributed by atoms with van der Waals surface area (Å²) >= 11 is 0. The summed E-state index contributed by atoms with van der Waals surface area (Å²) in [7, 11) is 1.38. The van der Waals surface area contributed by atoms with Crippen molar-refractivity contribution in [2.24, 2.45) is 0 Å². The van der Waals surface area contributed by atoms with Crippen LogP contribution in [0.3, 0.4) is 0 Å². The summed E-state index contributed by atoms with van der Waals surface area (Å²) in [5, 5.41) is 32.3. The lowest BCUT2D eigenvalue weighted by Gasteiger charge is -2.43. The Morgan fingerprint density at radius 2 is 1.89 bits per heavy atom. The Kier molecular flexibility index (Phi) is 6.11. The normalized spacial score (nSPS) is 27.8. The van der Waals surface area contributed by atoms with Gasteiger partial charge in [0.05, 0.1) is 18.9 Å². The van der Waals surface area contributed by atoms with Crippen molar-refractivity contribution in [3.05, 3.63) is 53.3 Å². The van der Waals surface area contributed by atoms with Crippen LogP contribution in [-0.2, 0) is 21.6 Å². The molecule has 2 N–H and O–H groups in total. The topological polar surface area (TPSA) is 116 Å². The van der Waals surface area contributed by atoms with Crippen LogP contribution >= 0.6 is 0 Å². The first-order valence-electron chi connectivity index (χ1n) is 10.9. The van der Waals surface area contributed by atoms with Crippen molar-refractivity contribution >= 4 is 0 Å². The fraction of sp³-hybridized carbons (Fsp3) is 0.500. The van der Waals surface area contributed by atoms with E-state index < -0.39 is 60.2 Å². The van der Waals surface area contributed by atoms with Gasteiger partial charge in [-0.05, 0) is 25.0 Å². The van der Waals surface area contributed by atoms with Gasteiger partial charge in [0.2, 0.25) is 0 Å². The number of ether oxygens (including phenoxy) is 2. The first-order valence-corrected chi connectivity index (χ1v) is 10.9. The molecule has 2 fully saturated rings. The lowest BCUT2D eigenvalue weighted by atomic mass is 9.90. The molecule has 0 unspecified atom stereocenters. The molecule has 1 saturated carbocycles. The molecule has 2 aromatic heterocycles. The van der Waals surface area contributed by atoms with Gasteiger partial charge in [0.25, 0.3) is 0 Å². The highest BCUT2D eigenvalue weighted by Gasteiger charge is 2.49. The zero-order chi connectivity index (χ0) is 24.9. The second-order valence-electron chi connectivity index (χ2n) is 8.76. The molecule has 1 aliphatic heterocycles. The lowest BCUT2D eigenvalue weighted by Crippen LogP contribution is -2.57. The maximum Gasteiger partial charge on any atom is 0.194 e. The Bertz CT molecular complexity index is 1190. The second-order valence-corrected chi connectivity index (χ2v) is 8.76. The highest BCUT2D eigenvalue weighted by Crippen LogP contribution is 2.49. The molecule has 2 aliphatic rings. The maximum absolute atomic E-state index is 14.3. The Hall–Kier alpha value is -2.87. The van der Waals surface area contributed by atoms with Gasteiger partial charge in [0, 0.05) is 25.2 Å². The van der Waals surface area contributed by atoms with Crippen molar-refractivity contribution in [2.75, 3.05) is 13.7 Å². The minimum absolute atomic E-state index is 0.0194. The van der Waals surface area contributed by atoms with Crippen LogP contribution in [0.15, 0.2) is 28.9 Å². The molecule has 3 heterocycles. The molecule has 0 radical (unpaired) electrons. The molecule has 1 saturated heterocycles. The van der Waals surface area contributed by atoms with Crippen LogP contribution in [0.4, 0.5) is 17.6 Å². The van der Waals surface area contributed by atoms with Gasteiger partial charge >= 0.3 is 0 Å². The summed E-state index contributed by atoms with van der Waals surface area (Å²) in [6.45, 7) is -0.532. The average Bonchev–Trinajstić information content (AvgIpc) is 3.23. The molecule has 3 aromatic rings. The van der Waals surface area contributed by atoms with E-state index in [9.17, 15) is 27.8 Å². The monoisotopic (exact) mass is 498 g/mol. The molecule has 0 amide bonds. The summed E-state index contributed by atoms with van der Waals surface area (Å²) in [6.07, 6.45) is -1.81. The van der Waals surface area contributed by atoms with Gasteiger partial charge < -0.3 is 24.2 Å². The Morgan fingerprint density at radius 3 is 2.51 bits per heavy atom. The van der Waals surface area contributed by atoms with Crippen LogP contribution in [0, 0.1) is 17.5 Å². The van der Waals surface area contributed by atoms with E-state index in [1.165, 1.54) is 24.1 Å². The minimum atomic E-state index is -1.61. The third-order valence-corrected chi connectivity index (χ3v) is 6.44. The first kappa shape index (κ1) is 23.9. The second kappa shape index (κ2) is 8.97. The predicted octanol–water partition coefficient (Wildman–Crippen LogP) is 2.23. The fourth-order valence-corrected chi connectivity index (χ4v) is 4.37. The number of methoxy groups -OCH3 is 1. The maximum atomic E-state index is 14.3. The van der Waals surface area contributed by atoms with E-state index in [1.807, 2.05) is 0 Å². The number of benzene rings is 1. The molecule has 13 heteroatoms. The smallest absolute Gasteiger partial charge is 0.194 e. The number of halogens is 4. The van der Waals surface area contributed by atoms with Crippen LogP contribution < -0.4 is 0 Å². The van der Waals surface area contributed by atoms with Gasteiger partial charge in [-0.15, -0.1) is 5.10 Å². The van der Waals surface area contributed by atoms with E-state index in [4.69, 9.17) is 14.0 Å². The zero-order valence-electron chi connectivity index (χ0n) is 18.4. The number of hydrogen-bond acceptors (Lipinski definition) is 8. The van der Waals surface area contributed by atoms with Crippen molar-refractivity contribution in [2.45, 2.75) is 55.4 Å². The molecular formula is C22H22F4N4O5. The lowest BCUT2D eigenvalue weighted by molar-refractivity contribution is -0.212. The number of aliphatic hydroxyl groups is 2. The summed E-state index contributed by atoms with van der Waals surface area (Å²) in [6, 6.07) is 2.12. The van der Waals surface area contributed by atoms with Crippen LogP contribution in [-0.4, -0.2) is 68.5 Å². The van der Waals surface area contributed by atoms with Crippen LogP contribution in [0.25, 0.3) is 11.3 Å². The Balaban J connectivity index is 1.43. The third kappa shape index (κ3) is 4.33. The Morgan fingerprint density at radius 1 is 1.17 bits per heavy atom. The zero-order valence-corrected chi connectivity index (χ0v) is 18.4. The predicted molar refractivity (Wildman–Crippen MR) is 109 cm³/mol. The molecule has 35 heavy (non-hydrogen) atoms. The van der Waals surface area contributed by atoms with Crippen LogP contribution in [0.2, 0.25) is 0 Å². The van der Waals surface area contributed by atoms with E-state index in [1.54, 1.807) is 0 Å². The van der Waals surface area contributed by atoms with Crippen molar-refractivity contribution < 1.29 is 41.8 Å². The van der Waals surface area contributed by atoms with Gasteiger partial charge in [0.15, 0.2) is 23.1 Å². The fourth-order valence-electron chi connectivity index (χ4n) is 4.37. The largest absolute Gasteiger partial charge is 0.394 e. The molecule has 0 spiro atoms. The van der Waals surface area contributed by atoms with Gasteiger partial charge in [-0.2, -0.15) is 0 Å². The SMILES string of the molecule is CO[C@@H]1[C@@H](n2cc(-c3cc(F)c(F)c(F)c3)nn2)[C@@H](O)[C@@H](CO)O[C@@H]1Cc1cc(C2(F)CC2)no1. The van der Waals surface area contributed by atoms with Gasteiger partial charge in [-0.1, -0.05) is 10.4 Å². The quantitative estimate of drug-likeness (QED) is 0.377. The summed E-state index contributed by atoms with van der Waals surface area (Å²) in [4.78, 5) is 0. The highest BCUT2D eigenvalue weighted by atomic mass is 19.2. The Labute approximate surface area is 196 Å². The molecule has 9 nitrogen and oxygen atoms in total. The summed E-state index contributed by atoms with van der Waals surface area (Å²) < 4.78 is 73.0. The molecule has 5 atom stereocenters. The average molecular weight is 498 g/mol. The molecule has 188 valence electrons. The number of hydrogen-bond donors (Lipinski definition) is 2. The molecule has 1 aromatic carbocycles. The molecule has 5 rings (SSSR count). The van der Waals surface area contributed by atoms with E-state index >= 15 is 0 Å². The summed E-state index contributed by atoms with van der Waals surface area (Å²) in [5.74, 6) is -4.05. The van der Waals surface area contributed by atoms with Crippen molar-refractivity contribution in [1.29, 1.82) is 0 Å². The number of rotatable bonds is 7. The van der Waals surface area contributed by atoms with Crippen molar-refractivity contribution in [3.63, 3.8) is 0 Å². The van der Waals surface area contributed by atoms with Crippen LogP contribution in [0.5, 0.6) is 0 Å². The van der Waals surface area contributed by atoms with Crippen LogP contribution in [0.1, 0.15) is 30.3 Å². The summed E-state index contributed by atoms with van der Waals surface area (Å²) in [5.41, 5.74) is -1.32. The van der Waals surface area contributed by atoms with Gasteiger partial charge in [0.1, 0.15) is 41.5 Å². The minimum Gasteiger partial charge on any atom is -0.394 e. The molecule has 1 aliphatic carbocycles. The van der Waals surface area contributed by atoms with E-state index in [0.717, 1.165) is 12.1 Å².